The zero-order valence-electron chi connectivity index (χ0n) is 15.0. The molecule has 3 heteroatoms. The Balaban J connectivity index is 0.00000192. The number of unbranched alkanes of at least 4 members (excludes halogenated alkanes) is 1. The van der Waals surface area contributed by atoms with Gasteiger partial charge in [0.2, 0.25) is 0 Å². The molecule has 0 saturated carbocycles. The first-order valence-corrected chi connectivity index (χ1v) is 8.59. The maximum absolute atomic E-state index is 2.39. The molecule has 3 aromatic rings. The smallest absolute Gasteiger partial charge is 1.00 e. The van der Waals surface area contributed by atoms with Crippen molar-refractivity contribution in [2.75, 3.05) is 0 Å². The summed E-state index contributed by atoms with van der Waals surface area (Å²) in [5.41, 5.74) is 5.61. The van der Waals surface area contributed by atoms with E-state index >= 15 is 0 Å². The number of hydrogen-bond donors (Lipinski definition) is 0. The summed E-state index contributed by atoms with van der Waals surface area (Å²) in [6, 6.07) is 20.5. The average molecular weight is 452 g/mol. The van der Waals surface area contributed by atoms with Crippen LogP contribution in [-0.2, 0) is 39.0 Å². The second-order valence-corrected chi connectivity index (χ2v) is 6.22. The Bertz CT molecular complexity index is 744. The van der Waals surface area contributed by atoms with E-state index in [0.717, 1.165) is 0 Å². The molecule has 0 unspecified atom stereocenters. The summed E-state index contributed by atoms with van der Waals surface area (Å²) < 4.78 is 0. The second-order valence-electron chi connectivity index (χ2n) is 6.22. The minimum absolute atomic E-state index is 0. The molecule has 0 aromatic heterocycles. The average Bonchev–Trinajstić information content (AvgIpc) is 2.97. The van der Waals surface area contributed by atoms with Gasteiger partial charge in [-0.3, -0.25) is 0 Å². The molecular weight excluding hydrogens is 426 g/mol. The first kappa shape index (κ1) is 24.5. The van der Waals surface area contributed by atoms with Crippen LogP contribution >= 0.6 is 0 Å². The molecule has 0 aliphatic carbocycles. The Morgan fingerprint density at radius 1 is 0.840 bits per heavy atom. The van der Waals surface area contributed by atoms with Gasteiger partial charge >= 0.3 is 26.2 Å². The number of benzene rings is 2. The Morgan fingerprint density at radius 2 is 1.56 bits per heavy atom. The number of halogens is 2. The molecule has 0 fully saturated rings. The summed E-state index contributed by atoms with van der Waals surface area (Å²) in [5.74, 6) is 0. The summed E-state index contributed by atoms with van der Waals surface area (Å²) in [5, 5.41) is 2.78. The molecule has 0 N–H and O–H groups in total. The molecule has 0 aliphatic heterocycles. The normalized spacial score (nSPS) is 9.84. The van der Waals surface area contributed by atoms with Crippen LogP contribution < -0.4 is 24.8 Å². The van der Waals surface area contributed by atoms with Crippen molar-refractivity contribution >= 4 is 10.8 Å². The molecule has 3 aromatic carbocycles. The molecule has 3 rings (SSSR count). The first-order valence-electron chi connectivity index (χ1n) is 8.59. The molecule has 25 heavy (non-hydrogen) atoms. The van der Waals surface area contributed by atoms with Crippen LogP contribution in [0.1, 0.15) is 44.2 Å². The Hall–Kier alpha value is -0.487. The van der Waals surface area contributed by atoms with Crippen LogP contribution in [0.25, 0.3) is 21.9 Å². The maximum atomic E-state index is 2.39. The third-order valence-corrected chi connectivity index (χ3v) is 4.43. The molecule has 1 radical (unpaired) electrons. The van der Waals surface area contributed by atoms with Gasteiger partial charge in [-0.1, -0.05) is 69.0 Å². The minimum atomic E-state index is 0. The van der Waals surface area contributed by atoms with Gasteiger partial charge in [0.05, 0.1) is 0 Å². The van der Waals surface area contributed by atoms with Crippen molar-refractivity contribution in [3.8, 4) is 11.1 Å². The van der Waals surface area contributed by atoms with E-state index in [2.05, 4.69) is 68.4 Å². The van der Waals surface area contributed by atoms with E-state index in [-0.39, 0.29) is 51.0 Å². The van der Waals surface area contributed by atoms with Crippen LogP contribution in [0.2, 0.25) is 0 Å². The van der Waals surface area contributed by atoms with E-state index in [1.54, 1.807) is 0 Å². The Morgan fingerprint density at radius 3 is 2.20 bits per heavy atom. The van der Waals surface area contributed by atoms with Gasteiger partial charge in [0.15, 0.2) is 0 Å². The molecular formula is C22H25Cl2Zr. The summed E-state index contributed by atoms with van der Waals surface area (Å²) in [6.45, 7) is 4.49. The number of hydrogen-bond acceptors (Lipinski definition) is 0. The van der Waals surface area contributed by atoms with Crippen LogP contribution in [0.5, 0.6) is 0 Å². The fourth-order valence-corrected chi connectivity index (χ4v) is 3.21. The SMILES string of the molecule is CCCCc1cc2c(-c3ccc(CCC)cc3)cccc2[cH-]1.[Cl-].[Cl-].[Zr+3]. The van der Waals surface area contributed by atoms with Crippen LogP contribution in [0.4, 0.5) is 0 Å². The van der Waals surface area contributed by atoms with Gasteiger partial charge in [0, 0.05) is 0 Å². The largest absolute Gasteiger partial charge is 3.00 e. The predicted molar refractivity (Wildman–Crippen MR) is 97.6 cm³/mol. The van der Waals surface area contributed by atoms with E-state index in [4.69, 9.17) is 0 Å². The van der Waals surface area contributed by atoms with Gasteiger partial charge in [-0.25, -0.2) is 0 Å². The van der Waals surface area contributed by atoms with Crippen molar-refractivity contribution in [3.05, 3.63) is 65.7 Å². The zero-order chi connectivity index (χ0) is 15.4. The molecule has 0 atom stereocenters. The monoisotopic (exact) mass is 449 g/mol. The Kier molecular flexibility index (Phi) is 11.8. The Labute approximate surface area is 183 Å². The van der Waals surface area contributed by atoms with Crippen LogP contribution in [0.15, 0.2) is 54.6 Å². The number of rotatable bonds is 6. The first-order chi connectivity index (χ1) is 10.8. The third-order valence-electron chi connectivity index (χ3n) is 4.43. The minimum Gasteiger partial charge on any atom is -1.00 e. The van der Waals surface area contributed by atoms with E-state index in [0.29, 0.717) is 0 Å². The summed E-state index contributed by atoms with van der Waals surface area (Å²) in [7, 11) is 0. The van der Waals surface area contributed by atoms with Crippen molar-refractivity contribution in [2.24, 2.45) is 0 Å². The molecule has 0 spiro atoms. The molecule has 0 amide bonds. The fourth-order valence-electron chi connectivity index (χ4n) is 3.21. The van der Waals surface area contributed by atoms with E-state index < -0.39 is 0 Å². The van der Waals surface area contributed by atoms with E-state index in [1.807, 2.05) is 0 Å². The quantitative estimate of drug-likeness (QED) is 0.480. The third kappa shape index (κ3) is 6.02. The zero-order valence-corrected chi connectivity index (χ0v) is 19.0. The maximum Gasteiger partial charge on any atom is 3.00 e. The van der Waals surface area contributed by atoms with Gasteiger partial charge in [-0.2, -0.15) is 6.07 Å². The number of aryl methyl sites for hydroxylation is 2. The van der Waals surface area contributed by atoms with Crippen LogP contribution in [0.3, 0.4) is 0 Å². The molecule has 131 valence electrons. The van der Waals surface area contributed by atoms with Gasteiger partial charge in [0.1, 0.15) is 0 Å². The van der Waals surface area contributed by atoms with Gasteiger partial charge in [0.25, 0.3) is 0 Å². The van der Waals surface area contributed by atoms with Crippen molar-refractivity contribution in [1.82, 2.24) is 0 Å². The van der Waals surface area contributed by atoms with Crippen molar-refractivity contribution in [2.45, 2.75) is 46.0 Å². The topological polar surface area (TPSA) is 0 Å². The molecule has 0 bridgehead atoms. The van der Waals surface area contributed by atoms with Gasteiger partial charge < -0.3 is 24.8 Å². The summed E-state index contributed by atoms with van der Waals surface area (Å²) in [6.07, 6.45) is 6.10. The molecule has 0 aliphatic rings. The molecule has 0 nitrogen and oxygen atoms in total. The fraction of sp³-hybridized carbons (Fsp3) is 0.318. The van der Waals surface area contributed by atoms with E-state index in [9.17, 15) is 0 Å². The van der Waals surface area contributed by atoms with Crippen LogP contribution in [0, 0.1) is 0 Å². The van der Waals surface area contributed by atoms with Crippen molar-refractivity contribution in [1.29, 1.82) is 0 Å². The van der Waals surface area contributed by atoms with Gasteiger partial charge in [-0.15, -0.1) is 34.5 Å². The molecule has 0 heterocycles. The molecule has 0 saturated heterocycles. The predicted octanol–water partition coefficient (Wildman–Crippen LogP) is 0.526. The summed E-state index contributed by atoms with van der Waals surface area (Å²) >= 11 is 0. The second kappa shape index (κ2) is 12.0. The summed E-state index contributed by atoms with van der Waals surface area (Å²) in [4.78, 5) is 0. The standard InChI is InChI=1S/C22H25.2ClH.Zr/c1-3-5-8-18-15-20-9-6-10-21(22(20)16-18)19-13-11-17(7-4-2)12-14-19;;;/h6,9-16H,3-5,7-8H2,1-2H3;2*1H;/q-1;;;+3/p-2. The number of fused-ring (bicyclic) bond motifs is 1. The van der Waals surface area contributed by atoms with E-state index in [1.165, 1.54) is 65.1 Å². The van der Waals surface area contributed by atoms with Crippen molar-refractivity contribution in [3.63, 3.8) is 0 Å². The van der Waals surface area contributed by atoms with Crippen LogP contribution in [-0.4, -0.2) is 0 Å². The van der Waals surface area contributed by atoms with Gasteiger partial charge in [-0.05, 0) is 24.0 Å². The van der Waals surface area contributed by atoms with Crippen molar-refractivity contribution < 1.29 is 51.0 Å².